The van der Waals surface area contributed by atoms with Crippen LogP contribution in [0.25, 0.3) is 12.2 Å². The van der Waals surface area contributed by atoms with Crippen molar-refractivity contribution >= 4 is 55.1 Å². The summed E-state index contributed by atoms with van der Waals surface area (Å²) in [6, 6.07) is 23.6. The fourth-order valence-corrected chi connectivity index (χ4v) is 4.95. The van der Waals surface area contributed by atoms with Crippen molar-refractivity contribution in [3.8, 4) is 0 Å². The molecule has 0 spiro atoms. The molecule has 204 valence electrons. The van der Waals surface area contributed by atoms with E-state index >= 15 is 0 Å². The van der Waals surface area contributed by atoms with Crippen LogP contribution in [-0.2, 0) is 26.7 Å². The maximum Gasteiger partial charge on any atom is 0.295 e. The van der Waals surface area contributed by atoms with Gasteiger partial charge in [0.05, 0.1) is 0 Å². The lowest BCUT2D eigenvalue weighted by Crippen LogP contribution is -2.03. The van der Waals surface area contributed by atoms with Crippen molar-refractivity contribution in [2.75, 3.05) is 22.9 Å². The monoisotopic (exact) mass is 568 g/mol. The zero-order valence-electron chi connectivity index (χ0n) is 20.6. The van der Waals surface area contributed by atoms with Crippen LogP contribution in [0.4, 0.5) is 22.7 Å². The van der Waals surface area contributed by atoms with Crippen molar-refractivity contribution < 1.29 is 25.9 Å². The van der Waals surface area contributed by atoms with Gasteiger partial charge in [0.2, 0.25) is 0 Å². The SMILES string of the molecule is Nc1ccc(C=Cc2ccc(N)cc2S(=O)(=O)O)c(S(=O)(=O)O)c1.Nc1ccc(Cc2ccc(N)cc2)cc1. The summed E-state index contributed by atoms with van der Waals surface area (Å²) in [6.07, 6.45) is 3.45. The first-order valence-electron chi connectivity index (χ1n) is 11.3. The zero-order valence-corrected chi connectivity index (χ0v) is 22.2. The molecule has 0 heterocycles. The Morgan fingerprint density at radius 1 is 0.513 bits per heavy atom. The molecule has 10 nitrogen and oxygen atoms in total. The Balaban J connectivity index is 0.000000239. The van der Waals surface area contributed by atoms with E-state index in [0.29, 0.717) is 0 Å². The van der Waals surface area contributed by atoms with Crippen molar-refractivity contribution in [3.05, 3.63) is 107 Å². The Morgan fingerprint density at radius 2 is 0.821 bits per heavy atom. The molecule has 0 aliphatic heterocycles. The summed E-state index contributed by atoms with van der Waals surface area (Å²) >= 11 is 0. The molecule has 0 aromatic heterocycles. The zero-order chi connectivity index (χ0) is 28.8. The minimum absolute atomic E-state index is 0.0878. The van der Waals surface area contributed by atoms with Crippen LogP contribution in [0.5, 0.6) is 0 Å². The van der Waals surface area contributed by atoms with E-state index in [1.165, 1.54) is 47.5 Å². The van der Waals surface area contributed by atoms with Crippen LogP contribution in [0.1, 0.15) is 22.3 Å². The second kappa shape index (κ2) is 12.0. The van der Waals surface area contributed by atoms with E-state index in [9.17, 15) is 25.9 Å². The van der Waals surface area contributed by atoms with Gasteiger partial charge in [-0.2, -0.15) is 16.8 Å². The molecule has 4 aromatic carbocycles. The van der Waals surface area contributed by atoms with Crippen molar-refractivity contribution in [1.82, 2.24) is 0 Å². The van der Waals surface area contributed by atoms with Gasteiger partial charge in [-0.05, 0) is 77.2 Å². The number of benzene rings is 4. The largest absolute Gasteiger partial charge is 0.399 e. The fraction of sp³-hybridized carbons (Fsp3) is 0.0370. The molecule has 0 radical (unpaired) electrons. The third-order valence-electron chi connectivity index (χ3n) is 5.44. The van der Waals surface area contributed by atoms with E-state index in [4.69, 9.17) is 22.9 Å². The molecule has 4 aromatic rings. The van der Waals surface area contributed by atoms with Crippen LogP contribution in [0.3, 0.4) is 0 Å². The highest BCUT2D eigenvalue weighted by Gasteiger charge is 2.16. The van der Waals surface area contributed by atoms with Gasteiger partial charge in [0.15, 0.2) is 0 Å². The van der Waals surface area contributed by atoms with Gasteiger partial charge in [-0.1, -0.05) is 48.6 Å². The maximum atomic E-state index is 11.4. The second-order valence-electron chi connectivity index (χ2n) is 8.54. The molecule has 0 amide bonds. The molecule has 0 saturated carbocycles. The topological polar surface area (TPSA) is 213 Å². The lowest BCUT2D eigenvalue weighted by atomic mass is 10.0. The number of hydrogen-bond acceptors (Lipinski definition) is 8. The van der Waals surface area contributed by atoms with Gasteiger partial charge in [-0.25, -0.2) is 0 Å². The highest BCUT2D eigenvalue weighted by molar-refractivity contribution is 7.86. The van der Waals surface area contributed by atoms with Crippen LogP contribution < -0.4 is 22.9 Å². The molecule has 0 aliphatic rings. The molecule has 0 bridgehead atoms. The van der Waals surface area contributed by atoms with E-state index in [0.717, 1.165) is 29.9 Å². The van der Waals surface area contributed by atoms with Gasteiger partial charge in [-0.3, -0.25) is 9.11 Å². The van der Waals surface area contributed by atoms with E-state index < -0.39 is 30.0 Å². The summed E-state index contributed by atoms with van der Waals surface area (Å²) in [4.78, 5) is -0.856. The Labute approximate surface area is 227 Å². The predicted molar refractivity (Wildman–Crippen MR) is 155 cm³/mol. The quantitative estimate of drug-likeness (QED) is 0.112. The van der Waals surface area contributed by atoms with Crippen LogP contribution >= 0.6 is 0 Å². The Hall–Kier alpha value is -4.36. The van der Waals surface area contributed by atoms with Crippen molar-refractivity contribution in [2.24, 2.45) is 0 Å². The Kier molecular flexibility index (Phi) is 8.99. The van der Waals surface area contributed by atoms with Crippen LogP contribution in [0.2, 0.25) is 0 Å². The highest BCUT2D eigenvalue weighted by Crippen LogP contribution is 2.24. The first kappa shape index (κ1) is 29.2. The molecule has 0 aliphatic carbocycles. The first-order valence-corrected chi connectivity index (χ1v) is 14.2. The van der Waals surface area contributed by atoms with Crippen LogP contribution in [-0.4, -0.2) is 25.9 Å². The van der Waals surface area contributed by atoms with Gasteiger partial charge in [-0.15, -0.1) is 0 Å². The second-order valence-corrected chi connectivity index (χ2v) is 11.3. The van der Waals surface area contributed by atoms with E-state index in [1.807, 2.05) is 48.5 Å². The van der Waals surface area contributed by atoms with E-state index in [2.05, 4.69) is 0 Å². The minimum atomic E-state index is -4.52. The average Bonchev–Trinajstić information content (AvgIpc) is 2.86. The number of nitrogens with two attached hydrogens (primary N) is 4. The van der Waals surface area contributed by atoms with Crippen LogP contribution in [0.15, 0.2) is 94.7 Å². The number of anilines is 4. The van der Waals surface area contributed by atoms with Crippen molar-refractivity contribution in [1.29, 1.82) is 0 Å². The summed E-state index contributed by atoms with van der Waals surface area (Å²) in [5.74, 6) is 0. The third-order valence-corrected chi connectivity index (χ3v) is 7.26. The first-order chi connectivity index (χ1) is 18.2. The highest BCUT2D eigenvalue weighted by atomic mass is 32.2. The van der Waals surface area contributed by atoms with E-state index in [-0.39, 0.29) is 22.5 Å². The van der Waals surface area contributed by atoms with Gasteiger partial charge in [0.25, 0.3) is 20.2 Å². The predicted octanol–water partition coefficient (Wildman–Crippen LogP) is 3.96. The molecule has 0 unspecified atom stereocenters. The molecule has 10 N–H and O–H groups in total. The van der Waals surface area contributed by atoms with Crippen LogP contribution in [0, 0.1) is 0 Å². The standard InChI is InChI=1S/C14H14N2O6S2.C13H14N2/c15-11-5-3-9(13(7-11)23(17,18)19)1-2-10-4-6-12(16)8-14(10)24(20,21)22;14-12-5-1-10(2-6-12)9-11-3-7-13(15)8-4-11/h1-8H,15-16H2,(H,17,18,19)(H,20,21,22);1-8H,9,14-15H2. The van der Waals surface area contributed by atoms with Gasteiger partial charge in [0.1, 0.15) is 9.79 Å². The molecular formula is C27H28N4O6S2. The van der Waals surface area contributed by atoms with Gasteiger partial charge < -0.3 is 22.9 Å². The van der Waals surface area contributed by atoms with Crippen molar-refractivity contribution in [3.63, 3.8) is 0 Å². The molecule has 39 heavy (non-hydrogen) atoms. The average molecular weight is 569 g/mol. The van der Waals surface area contributed by atoms with Crippen molar-refractivity contribution in [2.45, 2.75) is 16.2 Å². The lowest BCUT2D eigenvalue weighted by molar-refractivity contribution is 0.480. The minimum Gasteiger partial charge on any atom is -0.399 e. The molecular weight excluding hydrogens is 540 g/mol. The number of hydrogen-bond donors (Lipinski definition) is 6. The fourth-order valence-electron chi connectivity index (χ4n) is 3.51. The molecule has 0 saturated heterocycles. The summed E-state index contributed by atoms with van der Waals surface area (Å²) < 4.78 is 64.1. The lowest BCUT2D eigenvalue weighted by Gasteiger charge is -2.06. The molecule has 12 heteroatoms. The smallest absolute Gasteiger partial charge is 0.295 e. The summed E-state index contributed by atoms with van der Waals surface area (Å²) in [7, 11) is -9.05. The van der Waals surface area contributed by atoms with Gasteiger partial charge >= 0.3 is 0 Å². The summed E-state index contributed by atoms with van der Waals surface area (Å²) in [5.41, 5.74) is 26.8. The summed E-state index contributed by atoms with van der Waals surface area (Å²) in [6.45, 7) is 0. The Morgan fingerprint density at radius 3 is 1.13 bits per heavy atom. The molecule has 4 rings (SSSR count). The third kappa shape index (κ3) is 8.58. The number of rotatable bonds is 6. The maximum absolute atomic E-state index is 11.4. The normalized spacial score (nSPS) is 11.6. The Bertz CT molecular complexity index is 1580. The number of nitrogen functional groups attached to an aromatic ring is 4. The molecule has 0 fully saturated rings. The van der Waals surface area contributed by atoms with Gasteiger partial charge in [0, 0.05) is 22.7 Å². The molecule has 0 atom stereocenters. The summed E-state index contributed by atoms with van der Waals surface area (Å²) in [5, 5.41) is 0. The van der Waals surface area contributed by atoms with E-state index in [1.54, 1.807) is 0 Å².